The number of nitrogens with one attached hydrogen (secondary N) is 1. The van der Waals surface area contributed by atoms with Gasteiger partial charge in [-0.05, 0) is 35.2 Å². The van der Waals surface area contributed by atoms with Gasteiger partial charge in [0, 0.05) is 24.2 Å². The van der Waals surface area contributed by atoms with Gasteiger partial charge in [0.05, 0.1) is 0 Å². The first-order valence-electron chi connectivity index (χ1n) is 8.09. The van der Waals surface area contributed by atoms with E-state index >= 15 is 0 Å². The molecule has 0 radical (unpaired) electrons. The monoisotopic (exact) mass is 336 g/mol. The number of hydrogen-bond acceptors (Lipinski definition) is 3. The number of carbonyl (C=O) groups excluding carboxylic acids is 2. The summed E-state index contributed by atoms with van der Waals surface area (Å²) in [7, 11) is 0. The zero-order chi connectivity index (χ0) is 17.6. The van der Waals surface area contributed by atoms with Crippen molar-refractivity contribution in [1.82, 2.24) is 10.2 Å². The van der Waals surface area contributed by atoms with Gasteiger partial charge in [0.1, 0.15) is 0 Å². The maximum absolute atomic E-state index is 13.1. The molecule has 126 valence electrons. The fraction of sp³-hybridized carbons (Fsp3) is 0.211. The van der Waals surface area contributed by atoms with Crippen LogP contribution in [0.2, 0.25) is 0 Å². The number of amides is 2. The Morgan fingerprint density at radius 1 is 1.12 bits per heavy atom. The van der Waals surface area contributed by atoms with Crippen LogP contribution in [0.5, 0.6) is 0 Å². The second-order valence-electron chi connectivity index (χ2n) is 6.20. The third-order valence-corrected chi connectivity index (χ3v) is 4.85. The number of rotatable bonds is 2. The molecule has 2 heterocycles. The molecule has 2 aliphatic heterocycles. The van der Waals surface area contributed by atoms with Gasteiger partial charge in [-0.1, -0.05) is 30.3 Å². The van der Waals surface area contributed by atoms with Crippen LogP contribution >= 0.6 is 0 Å². The Balaban J connectivity index is 1.76. The lowest BCUT2D eigenvalue weighted by molar-refractivity contribution is -0.143. The number of carbonyl (C=O) groups is 3. The minimum absolute atomic E-state index is 0.205. The highest BCUT2D eigenvalue weighted by Gasteiger charge is 2.37. The summed E-state index contributed by atoms with van der Waals surface area (Å²) < 4.78 is 0. The summed E-state index contributed by atoms with van der Waals surface area (Å²) in [6.07, 6.45) is 0.609. The van der Waals surface area contributed by atoms with Crippen molar-refractivity contribution in [2.45, 2.75) is 19.0 Å². The van der Waals surface area contributed by atoms with E-state index in [1.807, 2.05) is 12.1 Å². The van der Waals surface area contributed by atoms with Crippen molar-refractivity contribution >= 4 is 17.8 Å². The molecule has 0 fully saturated rings. The van der Waals surface area contributed by atoms with Gasteiger partial charge in [-0.2, -0.15) is 0 Å². The molecule has 4 rings (SSSR count). The van der Waals surface area contributed by atoms with Crippen LogP contribution < -0.4 is 5.32 Å². The predicted octanol–water partition coefficient (Wildman–Crippen LogP) is 1.75. The molecule has 6 nitrogen and oxygen atoms in total. The van der Waals surface area contributed by atoms with Crippen molar-refractivity contribution in [3.8, 4) is 0 Å². The lowest BCUT2D eigenvalue weighted by Gasteiger charge is -2.35. The van der Waals surface area contributed by atoms with Gasteiger partial charge in [0.25, 0.3) is 11.8 Å². The molecule has 2 aromatic carbocycles. The van der Waals surface area contributed by atoms with Crippen LogP contribution in [0.15, 0.2) is 42.5 Å². The molecule has 0 aromatic heterocycles. The van der Waals surface area contributed by atoms with Crippen molar-refractivity contribution < 1.29 is 19.5 Å². The molecular weight excluding hydrogens is 320 g/mol. The molecule has 2 aliphatic rings. The topological polar surface area (TPSA) is 86.7 Å². The SMILES string of the molecule is O=C1NCc2c1cccc2C(=O)N1CCc2ccccc2C1C(=O)O. The van der Waals surface area contributed by atoms with Gasteiger partial charge in [-0.25, -0.2) is 4.79 Å². The first kappa shape index (κ1) is 15.4. The second-order valence-corrected chi connectivity index (χ2v) is 6.20. The first-order valence-corrected chi connectivity index (χ1v) is 8.09. The van der Waals surface area contributed by atoms with E-state index < -0.39 is 12.0 Å². The molecule has 6 heteroatoms. The molecule has 2 amide bonds. The molecule has 0 saturated heterocycles. The summed E-state index contributed by atoms with van der Waals surface area (Å²) in [6.45, 7) is 0.621. The van der Waals surface area contributed by atoms with Gasteiger partial charge in [-0.15, -0.1) is 0 Å². The highest BCUT2D eigenvalue weighted by atomic mass is 16.4. The number of fused-ring (bicyclic) bond motifs is 2. The second kappa shape index (κ2) is 5.73. The van der Waals surface area contributed by atoms with Crippen LogP contribution in [0.1, 0.15) is 43.4 Å². The van der Waals surface area contributed by atoms with Crippen LogP contribution in [-0.4, -0.2) is 34.3 Å². The number of benzene rings is 2. The number of nitrogens with zero attached hydrogens (tertiary/aromatic N) is 1. The van der Waals surface area contributed by atoms with Crippen molar-refractivity contribution in [3.05, 3.63) is 70.3 Å². The van der Waals surface area contributed by atoms with Crippen molar-refractivity contribution in [2.75, 3.05) is 6.54 Å². The van der Waals surface area contributed by atoms with E-state index in [0.29, 0.717) is 35.2 Å². The van der Waals surface area contributed by atoms with Crippen molar-refractivity contribution in [3.63, 3.8) is 0 Å². The van der Waals surface area contributed by atoms with Crippen LogP contribution in [0, 0.1) is 0 Å². The summed E-state index contributed by atoms with van der Waals surface area (Å²) in [6, 6.07) is 11.3. The van der Waals surface area contributed by atoms with Crippen LogP contribution in [0.3, 0.4) is 0 Å². The number of carboxylic acids is 1. The highest BCUT2D eigenvalue weighted by molar-refractivity contribution is 6.05. The van der Waals surface area contributed by atoms with E-state index in [0.717, 1.165) is 5.56 Å². The van der Waals surface area contributed by atoms with Gasteiger partial charge >= 0.3 is 5.97 Å². The van der Waals surface area contributed by atoms with Crippen LogP contribution in [0.4, 0.5) is 0 Å². The fourth-order valence-corrected chi connectivity index (χ4v) is 3.66. The third-order valence-electron chi connectivity index (χ3n) is 4.85. The van der Waals surface area contributed by atoms with E-state index in [9.17, 15) is 19.5 Å². The zero-order valence-corrected chi connectivity index (χ0v) is 13.4. The largest absolute Gasteiger partial charge is 0.479 e. The normalized spacial score (nSPS) is 18.3. The summed E-state index contributed by atoms with van der Waals surface area (Å²) in [4.78, 5) is 38.2. The Hall–Kier alpha value is -3.15. The molecule has 0 spiro atoms. The summed E-state index contributed by atoms with van der Waals surface area (Å²) in [5, 5.41) is 12.4. The van der Waals surface area contributed by atoms with Gasteiger partial charge in [-0.3, -0.25) is 9.59 Å². The molecule has 0 aliphatic carbocycles. The standard InChI is InChI=1S/C19H16N2O4/c22-17-13-6-3-7-14(15(13)10-20-17)18(23)21-9-8-11-4-1-2-5-12(11)16(21)19(24)25/h1-7,16H,8-10H2,(H,20,22)(H,24,25). The molecule has 2 N–H and O–H groups in total. The van der Waals surface area contributed by atoms with Crippen molar-refractivity contribution in [2.24, 2.45) is 0 Å². The van der Waals surface area contributed by atoms with E-state index in [4.69, 9.17) is 0 Å². The van der Waals surface area contributed by atoms with Gasteiger partial charge in [0.15, 0.2) is 6.04 Å². The number of aliphatic carboxylic acids is 1. The fourth-order valence-electron chi connectivity index (χ4n) is 3.66. The summed E-state index contributed by atoms with van der Waals surface area (Å²) in [5.74, 6) is -1.61. The maximum Gasteiger partial charge on any atom is 0.331 e. The summed E-state index contributed by atoms with van der Waals surface area (Å²) in [5.41, 5.74) is 3.11. The Kier molecular flexibility index (Phi) is 3.53. The average molecular weight is 336 g/mol. The van der Waals surface area contributed by atoms with Gasteiger partial charge in [0.2, 0.25) is 0 Å². The molecule has 1 atom stereocenters. The number of carboxylic acid groups (broad SMARTS) is 1. The highest BCUT2D eigenvalue weighted by Crippen LogP contribution is 2.32. The maximum atomic E-state index is 13.1. The van der Waals surface area contributed by atoms with Gasteiger partial charge < -0.3 is 15.3 Å². The Morgan fingerprint density at radius 2 is 1.92 bits per heavy atom. The van der Waals surface area contributed by atoms with Crippen molar-refractivity contribution in [1.29, 1.82) is 0 Å². The minimum atomic E-state index is -1.05. The van der Waals surface area contributed by atoms with E-state index in [1.165, 1.54) is 4.90 Å². The lowest BCUT2D eigenvalue weighted by Crippen LogP contribution is -2.43. The Labute approximate surface area is 144 Å². The van der Waals surface area contributed by atoms with E-state index in [1.54, 1.807) is 30.3 Å². The third kappa shape index (κ3) is 2.38. The first-order chi connectivity index (χ1) is 12.1. The Bertz CT molecular complexity index is 906. The van der Waals surface area contributed by atoms with Crippen LogP contribution in [-0.2, 0) is 17.8 Å². The molecule has 0 saturated carbocycles. The minimum Gasteiger partial charge on any atom is -0.479 e. The molecule has 0 bridgehead atoms. The van der Waals surface area contributed by atoms with Crippen LogP contribution in [0.25, 0.3) is 0 Å². The predicted molar refractivity (Wildman–Crippen MR) is 89.2 cm³/mol. The smallest absolute Gasteiger partial charge is 0.331 e. The zero-order valence-electron chi connectivity index (χ0n) is 13.4. The molecular formula is C19H16N2O4. The molecule has 1 unspecified atom stereocenters. The quantitative estimate of drug-likeness (QED) is 0.875. The van der Waals surface area contributed by atoms with E-state index in [2.05, 4.69) is 5.32 Å². The lowest BCUT2D eigenvalue weighted by atomic mass is 9.91. The Morgan fingerprint density at radius 3 is 2.72 bits per heavy atom. The average Bonchev–Trinajstić information content (AvgIpc) is 3.01. The summed E-state index contributed by atoms with van der Waals surface area (Å²) >= 11 is 0. The molecule has 2 aromatic rings. The number of hydrogen-bond donors (Lipinski definition) is 2. The molecule has 25 heavy (non-hydrogen) atoms. The van der Waals surface area contributed by atoms with E-state index in [-0.39, 0.29) is 18.4 Å².